The number of benzene rings is 2. The van der Waals surface area contributed by atoms with Crippen molar-refractivity contribution in [2.24, 2.45) is 0 Å². The van der Waals surface area contributed by atoms with Gasteiger partial charge < -0.3 is 10.1 Å². The molecule has 0 saturated carbocycles. The summed E-state index contributed by atoms with van der Waals surface area (Å²) in [5.74, 6) is -1.69. The van der Waals surface area contributed by atoms with E-state index in [9.17, 15) is 18.4 Å². The lowest BCUT2D eigenvalue weighted by molar-refractivity contribution is -0.113. The SMILES string of the molecule is CC(C)OCCCn1c(=O)c2ccccc2n2c(SCC(=O)Nc3cc(F)ccc3F)nnc12. The smallest absolute Gasteiger partial charge is 0.262 e. The van der Waals surface area contributed by atoms with Crippen molar-refractivity contribution in [3.63, 3.8) is 0 Å². The van der Waals surface area contributed by atoms with Gasteiger partial charge in [-0.1, -0.05) is 23.9 Å². The van der Waals surface area contributed by atoms with Crippen LogP contribution in [-0.4, -0.2) is 43.5 Å². The van der Waals surface area contributed by atoms with E-state index in [4.69, 9.17) is 4.74 Å². The van der Waals surface area contributed by atoms with Crippen molar-refractivity contribution < 1.29 is 18.3 Å². The number of halogens is 2. The lowest BCUT2D eigenvalue weighted by Gasteiger charge is -2.12. The first-order chi connectivity index (χ1) is 16.3. The van der Waals surface area contributed by atoms with Gasteiger partial charge in [0.1, 0.15) is 11.6 Å². The standard InChI is InChI=1S/C23H23F2N5O3S/c1-14(2)33-11-5-10-29-21(32)16-6-3-4-7-19(16)30-22(29)27-28-23(30)34-13-20(31)26-18-12-15(24)8-9-17(18)25/h3-4,6-9,12,14H,5,10-11,13H2,1-2H3,(H,26,31). The highest BCUT2D eigenvalue weighted by Crippen LogP contribution is 2.22. The highest BCUT2D eigenvalue weighted by Gasteiger charge is 2.18. The molecule has 0 saturated heterocycles. The lowest BCUT2D eigenvalue weighted by Crippen LogP contribution is -2.24. The maximum atomic E-state index is 13.8. The summed E-state index contributed by atoms with van der Waals surface area (Å²) in [6.45, 7) is 4.78. The Kier molecular flexibility index (Phi) is 7.23. The van der Waals surface area contributed by atoms with Crippen molar-refractivity contribution in [2.75, 3.05) is 17.7 Å². The molecule has 1 amide bonds. The molecule has 0 radical (unpaired) electrons. The number of ether oxygens (including phenoxy) is 1. The molecule has 178 valence electrons. The summed E-state index contributed by atoms with van der Waals surface area (Å²) < 4.78 is 36.0. The van der Waals surface area contributed by atoms with Crippen LogP contribution in [0.5, 0.6) is 0 Å². The average molecular weight is 488 g/mol. The number of hydrogen-bond donors (Lipinski definition) is 1. The van der Waals surface area contributed by atoms with Crippen molar-refractivity contribution in [1.82, 2.24) is 19.2 Å². The summed E-state index contributed by atoms with van der Waals surface area (Å²) in [5.41, 5.74) is 0.191. The number of aromatic nitrogens is 4. The van der Waals surface area contributed by atoms with Crippen molar-refractivity contribution in [2.45, 2.75) is 38.1 Å². The molecular weight excluding hydrogens is 464 g/mol. The Labute approximate surface area is 197 Å². The van der Waals surface area contributed by atoms with Gasteiger partial charge >= 0.3 is 0 Å². The van der Waals surface area contributed by atoms with Gasteiger partial charge in [-0.25, -0.2) is 8.78 Å². The van der Waals surface area contributed by atoms with Crippen LogP contribution in [0.2, 0.25) is 0 Å². The minimum Gasteiger partial charge on any atom is -0.379 e. The van der Waals surface area contributed by atoms with Gasteiger partial charge in [0.2, 0.25) is 11.7 Å². The number of anilines is 1. The first-order valence-electron chi connectivity index (χ1n) is 10.7. The van der Waals surface area contributed by atoms with Crippen LogP contribution in [0.15, 0.2) is 52.4 Å². The maximum Gasteiger partial charge on any atom is 0.262 e. The first kappa shape index (κ1) is 23.8. The quantitative estimate of drug-likeness (QED) is 0.285. The summed E-state index contributed by atoms with van der Waals surface area (Å²) in [5, 5.41) is 11.6. The fourth-order valence-corrected chi connectivity index (χ4v) is 4.22. The summed E-state index contributed by atoms with van der Waals surface area (Å²) >= 11 is 1.08. The highest BCUT2D eigenvalue weighted by molar-refractivity contribution is 7.99. The van der Waals surface area contributed by atoms with Crippen LogP contribution in [0.3, 0.4) is 0 Å². The van der Waals surface area contributed by atoms with E-state index in [1.165, 1.54) is 0 Å². The molecule has 0 atom stereocenters. The van der Waals surface area contributed by atoms with Crippen molar-refractivity contribution in [1.29, 1.82) is 0 Å². The molecule has 4 aromatic rings. The second-order valence-electron chi connectivity index (χ2n) is 7.83. The van der Waals surface area contributed by atoms with Crippen LogP contribution in [0.4, 0.5) is 14.5 Å². The Morgan fingerprint density at radius 3 is 2.76 bits per heavy atom. The van der Waals surface area contributed by atoms with E-state index in [1.54, 1.807) is 33.2 Å². The molecule has 8 nitrogen and oxygen atoms in total. The third kappa shape index (κ3) is 5.10. The molecule has 2 heterocycles. The number of thioether (sulfide) groups is 1. The largest absolute Gasteiger partial charge is 0.379 e. The molecule has 0 fully saturated rings. The fraction of sp³-hybridized carbons (Fsp3) is 0.304. The minimum absolute atomic E-state index is 0.0939. The van der Waals surface area contributed by atoms with E-state index < -0.39 is 17.5 Å². The number of carbonyl (C=O) groups excluding carboxylic acids is 1. The van der Waals surface area contributed by atoms with Crippen LogP contribution in [0.1, 0.15) is 20.3 Å². The summed E-state index contributed by atoms with van der Waals surface area (Å²) in [4.78, 5) is 25.5. The zero-order valence-corrected chi connectivity index (χ0v) is 19.4. The van der Waals surface area contributed by atoms with Gasteiger partial charge in [-0.05, 0) is 44.5 Å². The van der Waals surface area contributed by atoms with Gasteiger partial charge in [-0.15, -0.1) is 10.2 Å². The van der Waals surface area contributed by atoms with Gasteiger partial charge in [-0.3, -0.25) is 18.6 Å². The third-order valence-electron chi connectivity index (χ3n) is 4.99. The van der Waals surface area contributed by atoms with E-state index in [0.717, 1.165) is 30.0 Å². The number of para-hydroxylation sites is 1. The molecule has 0 aliphatic rings. The van der Waals surface area contributed by atoms with Crippen molar-refractivity contribution in [3.8, 4) is 0 Å². The number of rotatable bonds is 9. The number of amides is 1. The molecule has 0 spiro atoms. The number of fused-ring (bicyclic) bond motifs is 3. The Balaban J connectivity index is 1.60. The second kappa shape index (κ2) is 10.3. The normalized spacial score (nSPS) is 11.6. The molecule has 2 aromatic carbocycles. The molecule has 2 aromatic heterocycles. The summed E-state index contributed by atoms with van der Waals surface area (Å²) in [6.07, 6.45) is 0.708. The number of nitrogens with zero attached hydrogens (tertiary/aromatic N) is 4. The zero-order valence-electron chi connectivity index (χ0n) is 18.6. The molecule has 1 N–H and O–H groups in total. The Morgan fingerprint density at radius 2 is 1.97 bits per heavy atom. The Bertz CT molecular complexity index is 1400. The maximum absolute atomic E-state index is 13.8. The van der Waals surface area contributed by atoms with Crippen LogP contribution in [-0.2, 0) is 16.1 Å². The highest BCUT2D eigenvalue weighted by atomic mass is 32.2. The number of aryl methyl sites for hydroxylation is 1. The molecular formula is C23H23F2N5O3S. The van der Waals surface area contributed by atoms with Gasteiger partial charge in [0.05, 0.1) is 28.4 Å². The molecule has 0 unspecified atom stereocenters. The average Bonchev–Trinajstić information content (AvgIpc) is 3.23. The summed E-state index contributed by atoms with van der Waals surface area (Å²) in [7, 11) is 0. The van der Waals surface area contributed by atoms with Gasteiger partial charge in [0.15, 0.2) is 5.16 Å². The van der Waals surface area contributed by atoms with Crippen LogP contribution < -0.4 is 10.9 Å². The Hall–Kier alpha value is -3.31. The number of hydrogen-bond acceptors (Lipinski definition) is 6. The monoisotopic (exact) mass is 487 g/mol. The second-order valence-corrected chi connectivity index (χ2v) is 8.77. The number of carbonyl (C=O) groups is 1. The topological polar surface area (TPSA) is 90.5 Å². The number of nitrogens with one attached hydrogen (secondary N) is 1. The van der Waals surface area contributed by atoms with Gasteiger partial charge in [0.25, 0.3) is 5.56 Å². The lowest BCUT2D eigenvalue weighted by atomic mass is 10.2. The Morgan fingerprint density at radius 1 is 1.18 bits per heavy atom. The molecule has 0 bridgehead atoms. The van der Waals surface area contributed by atoms with E-state index >= 15 is 0 Å². The molecule has 0 aliphatic carbocycles. The molecule has 0 aliphatic heterocycles. The zero-order chi connectivity index (χ0) is 24.2. The predicted octanol–water partition coefficient (Wildman–Crippen LogP) is 3.87. The van der Waals surface area contributed by atoms with E-state index in [1.807, 2.05) is 13.8 Å². The van der Waals surface area contributed by atoms with E-state index in [0.29, 0.717) is 41.4 Å². The van der Waals surface area contributed by atoms with Crippen LogP contribution >= 0.6 is 11.8 Å². The van der Waals surface area contributed by atoms with E-state index in [-0.39, 0.29) is 23.1 Å². The van der Waals surface area contributed by atoms with Crippen LogP contribution in [0.25, 0.3) is 16.7 Å². The molecule has 11 heteroatoms. The van der Waals surface area contributed by atoms with Crippen molar-refractivity contribution in [3.05, 3.63) is 64.5 Å². The van der Waals surface area contributed by atoms with Gasteiger partial charge in [0, 0.05) is 19.2 Å². The molecule has 4 rings (SSSR count). The summed E-state index contributed by atoms with van der Waals surface area (Å²) in [6, 6.07) is 9.93. The third-order valence-corrected chi connectivity index (χ3v) is 5.92. The fourth-order valence-electron chi connectivity index (χ4n) is 3.48. The van der Waals surface area contributed by atoms with Crippen molar-refractivity contribution >= 4 is 40.0 Å². The first-order valence-corrected chi connectivity index (χ1v) is 11.7. The molecule has 34 heavy (non-hydrogen) atoms. The predicted molar refractivity (Wildman–Crippen MR) is 126 cm³/mol. The van der Waals surface area contributed by atoms with Gasteiger partial charge in [-0.2, -0.15) is 0 Å². The van der Waals surface area contributed by atoms with Crippen LogP contribution in [0, 0.1) is 11.6 Å². The van der Waals surface area contributed by atoms with E-state index in [2.05, 4.69) is 15.5 Å². The minimum atomic E-state index is -0.732.